The summed E-state index contributed by atoms with van der Waals surface area (Å²) >= 11 is 6.00. The second kappa shape index (κ2) is 5.90. The van der Waals surface area contributed by atoms with Gasteiger partial charge in [0.05, 0.1) is 12.0 Å². The van der Waals surface area contributed by atoms with Crippen molar-refractivity contribution in [1.82, 2.24) is 0 Å². The van der Waals surface area contributed by atoms with E-state index in [1.165, 1.54) is 18.2 Å². The van der Waals surface area contributed by atoms with Gasteiger partial charge >= 0.3 is 0 Å². The van der Waals surface area contributed by atoms with E-state index < -0.39 is 11.0 Å². The molecule has 2 aromatic rings. The molecule has 1 atom stereocenters. The summed E-state index contributed by atoms with van der Waals surface area (Å²) in [6.45, 7) is 0. The predicted octanol–water partition coefficient (Wildman–Crippen LogP) is 3.34. The smallest absolute Gasteiger partial charge is 0.269 e. The van der Waals surface area contributed by atoms with Crippen molar-refractivity contribution in [3.63, 3.8) is 0 Å². The van der Waals surface area contributed by atoms with Gasteiger partial charge in [0.1, 0.15) is 11.9 Å². The number of hydrogen-bond donors (Lipinski definition) is 1. The summed E-state index contributed by atoms with van der Waals surface area (Å²) in [7, 11) is 1.54. The second-order valence-electron chi connectivity index (χ2n) is 4.14. The first-order valence-corrected chi connectivity index (χ1v) is 6.16. The van der Waals surface area contributed by atoms with Gasteiger partial charge in [-0.15, -0.1) is 0 Å². The maximum absolute atomic E-state index is 10.8. The Morgan fingerprint density at radius 2 is 1.90 bits per heavy atom. The van der Waals surface area contributed by atoms with Gasteiger partial charge < -0.3 is 9.84 Å². The molecule has 0 aliphatic carbocycles. The SMILES string of the molecule is COc1ccc(C(O)c2cc([N+](=O)[O-])ccc2Cl)cc1. The lowest BCUT2D eigenvalue weighted by Crippen LogP contribution is -2.01. The number of nitro groups is 1. The Hall–Kier alpha value is -2.11. The summed E-state index contributed by atoms with van der Waals surface area (Å²) in [5.74, 6) is 0.658. The van der Waals surface area contributed by atoms with E-state index >= 15 is 0 Å². The highest BCUT2D eigenvalue weighted by molar-refractivity contribution is 6.31. The lowest BCUT2D eigenvalue weighted by Gasteiger charge is -2.13. The summed E-state index contributed by atoms with van der Waals surface area (Å²) in [5, 5.41) is 21.3. The van der Waals surface area contributed by atoms with Gasteiger partial charge in [0.25, 0.3) is 5.69 Å². The summed E-state index contributed by atoms with van der Waals surface area (Å²) in [6.07, 6.45) is -1.03. The van der Waals surface area contributed by atoms with E-state index in [4.69, 9.17) is 16.3 Å². The lowest BCUT2D eigenvalue weighted by atomic mass is 10.0. The summed E-state index contributed by atoms with van der Waals surface area (Å²) < 4.78 is 5.03. The number of aliphatic hydroxyl groups excluding tert-OH is 1. The van der Waals surface area contributed by atoms with Crippen molar-refractivity contribution in [3.05, 3.63) is 68.7 Å². The normalized spacial score (nSPS) is 11.9. The summed E-state index contributed by atoms with van der Waals surface area (Å²) in [4.78, 5) is 10.2. The highest BCUT2D eigenvalue weighted by Crippen LogP contribution is 2.31. The molecule has 0 aliphatic rings. The van der Waals surface area contributed by atoms with Crippen LogP contribution in [0, 0.1) is 10.1 Å². The largest absolute Gasteiger partial charge is 0.497 e. The van der Waals surface area contributed by atoms with Crippen LogP contribution >= 0.6 is 11.6 Å². The minimum atomic E-state index is -1.03. The van der Waals surface area contributed by atoms with E-state index in [1.807, 2.05) is 0 Å². The molecule has 0 radical (unpaired) electrons. The zero-order chi connectivity index (χ0) is 14.7. The number of ether oxygens (including phenoxy) is 1. The predicted molar refractivity (Wildman–Crippen MR) is 75.2 cm³/mol. The van der Waals surface area contributed by atoms with Crippen molar-refractivity contribution in [2.75, 3.05) is 7.11 Å². The van der Waals surface area contributed by atoms with E-state index in [9.17, 15) is 15.2 Å². The number of nitro benzene ring substituents is 1. The number of rotatable bonds is 4. The standard InChI is InChI=1S/C14H12ClNO4/c1-20-11-5-2-9(3-6-11)14(17)12-8-10(16(18)19)4-7-13(12)15/h2-8,14,17H,1H3. The van der Waals surface area contributed by atoms with Crippen LogP contribution in [0.3, 0.4) is 0 Å². The third-order valence-electron chi connectivity index (χ3n) is 2.92. The fraction of sp³-hybridized carbons (Fsp3) is 0.143. The molecule has 2 rings (SSSR count). The Morgan fingerprint density at radius 1 is 1.25 bits per heavy atom. The van der Waals surface area contributed by atoms with Gasteiger partial charge in [-0.2, -0.15) is 0 Å². The van der Waals surface area contributed by atoms with E-state index in [2.05, 4.69) is 0 Å². The van der Waals surface area contributed by atoms with Crippen molar-refractivity contribution in [2.24, 2.45) is 0 Å². The molecule has 2 aromatic carbocycles. The molecule has 5 nitrogen and oxygen atoms in total. The van der Waals surface area contributed by atoms with Crippen LogP contribution in [0.25, 0.3) is 0 Å². The Labute approximate surface area is 120 Å². The molecule has 0 aromatic heterocycles. The molecule has 0 saturated heterocycles. The Balaban J connectivity index is 2.38. The zero-order valence-electron chi connectivity index (χ0n) is 10.6. The van der Waals surface area contributed by atoms with Crippen molar-refractivity contribution >= 4 is 17.3 Å². The molecule has 0 aliphatic heterocycles. The summed E-state index contributed by atoms with van der Waals surface area (Å²) in [5.41, 5.74) is 0.760. The van der Waals surface area contributed by atoms with Gasteiger partial charge in [-0.3, -0.25) is 10.1 Å². The lowest BCUT2D eigenvalue weighted by molar-refractivity contribution is -0.385. The van der Waals surface area contributed by atoms with E-state index in [-0.39, 0.29) is 10.7 Å². The van der Waals surface area contributed by atoms with Crippen LogP contribution in [-0.2, 0) is 0 Å². The van der Waals surface area contributed by atoms with Crippen molar-refractivity contribution in [1.29, 1.82) is 0 Å². The van der Waals surface area contributed by atoms with Gasteiger partial charge in [0.15, 0.2) is 0 Å². The Morgan fingerprint density at radius 3 is 2.45 bits per heavy atom. The number of non-ortho nitro benzene ring substituents is 1. The average Bonchev–Trinajstić information content (AvgIpc) is 2.47. The third-order valence-corrected chi connectivity index (χ3v) is 3.26. The molecule has 0 spiro atoms. The Bertz CT molecular complexity index is 628. The number of aliphatic hydroxyl groups is 1. The number of methoxy groups -OCH3 is 1. The highest BCUT2D eigenvalue weighted by Gasteiger charge is 2.18. The molecule has 20 heavy (non-hydrogen) atoms. The molecule has 1 N–H and O–H groups in total. The van der Waals surface area contributed by atoms with Crippen LogP contribution in [0.15, 0.2) is 42.5 Å². The first kappa shape index (κ1) is 14.3. The fourth-order valence-electron chi connectivity index (χ4n) is 1.82. The molecule has 104 valence electrons. The van der Waals surface area contributed by atoms with Crippen LogP contribution in [0.1, 0.15) is 17.2 Å². The molecular weight excluding hydrogens is 282 g/mol. The average molecular weight is 294 g/mol. The molecule has 0 amide bonds. The van der Waals surface area contributed by atoms with E-state index in [0.717, 1.165) is 0 Å². The van der Waals surface area contributed by atoms with Crippen LogP contribution in [-0.4, -0.2) is 17.1 Å². The fourth-order valence-corrected chi connectivity index (χ4v) is 2.04. The van der Waals surface area contributed by atoms with Crippen LogP contribution in [0.5, 0.6) is 5.75 Å². The van der Waals surface area contributed by atoms with Gasteiger partial charge in [-0.25, -0.2) is 0 Å². The van der Waals surface area contributed by atoms with Gasteiger partial charge in [-0.1, -0.05) is 23.7 Å². The molecule has 6 heteroatoms. The molecule has 0 bridgehead atoms. The minimum Gasteiger partial charge on any atom is -0.497 e. The number of nitrogens with zero attached hydrogens (tertiary/aromatic N) is 1. The topological polar surface area (TPSA) is 72.6 Å². The number of halogens is 1. The zero-order valence-corrected chi connectivity index (χ0v) is 11.4. The molecule has 0 heterocycles. The number of benzene rings is 2. The first-order chi connectivity index (χ1) is 9.52. The van der Waals surface area contributed by atoms with E-state index in [0.29, 0.717) is 16.9 Å². The third kappa shape index (κ3) is 2.89. The van der Waals surface area contributed by atoms with Gasteiger partial charge in [0, 0.05) is 22.7 Å². The monoisotopic (exact) mass is 293 g/mol. The van der Waals surface area contributed by atoms with Gasteiger partial charge in [-0.05, 0) is 23.8 Å². The van der Waals surface area contributed by atoms with Gasteiger partial charge in [0.2, 0.25) is 0 Å². The van der Waals surface area contributed by atoms with Crippen molar-refractivity contribution < 1.29 is 14.8 Å². The maximum Gasteiger partial charge on any atom is 0.269 e. The van der Waals surface area contributed by atoms with Crippen molar-refractivity contribution in [3.8, 4) is 5.75 Å². The van der Waals surface area contributed by atoms with E-state index in [1.54, 1.807) is 31.4 Å². The molecule has 1 unspecified atom stereocenters. The first-order valence-electron chi connectivity index (χ1n) is 5.79. The maximum atomic E-state index is 10.8. The second-order valence-corrected chi connectivity index (χ2v) is 4.55. The quantitative estimate of drug-likeness (QED) is 0.693. The van der Waals surface area contributed by atoms with Crippen LogP contribution < -0.4 is 4.74 Å². The number of hydrogen-bond acceptors (Lipinski definition) is 4. The molecule has 0 saturated carbocycles. The van der Waals surface area contributed by atoms with Crippen LogP contribution in [0.4, 0.5) is 5.69 Å². The minimum absolute atomic E-state index is 0.114. The Kier molecular flexibility index (Phi) is 4.22. The van der Waals surface area contributed by atoms with Crippen LogP contribution in [0.2, 0.25) is 5.02 Å². The molecule has 0 fully saturated rings. The highest BCUT2D eigenvalue weighted by atomic mass is 35.5. The molecular formula is C14H12ClNO4. The van der Waals surface area contributed by atoms with Crippen molar-refractivity contribution in [2.45, 2.75) is 6.10 Å². The summed E-state index contributed by atoms with van der Waals surface area (Å²) in [6, 6.07) is 10.7.